The first kappa shape index (κ1) is 11.2. The SMILES string of the molecule is c1ccc2c(c1)CCCC2CNC1CCNC1. The molecule has 92 valence electrons. The van der Waals surface area contributed by atoms with Crippen molar-refractivity contribution in [1.29, 1.82) is 0 Å². The highest BCUT2D eigenvalue weighted by Crippen LogP contribution is 2.30. The van der Waals surface area contributed by atoms with Gasteiger partial charge in [-0.1, -0.05) is 24.3 Å². The van der Waals surface area contributed by atoms with Gasteiger partial charge in [0.15, 0.2) is 0 Å². The van der Waals surface area contributed by atoms with Crippen LogP contribution in [0, 0.1) is 0 Å². The van der Waals surface area contributed by atoms with Crippen LogP contribution in [0.4, 0.5) is 0 Å². The maximum absolute atomic E-state index is 3.73. The molecule has 0 saturated carbocycles. The molecule has 17 heavy (non-hydrogen) atoms. The summed E-state index contributed by atoms with van der Waals surface area (Å²) in [5.41, 5.74) is 3.17. The van der Waals surface area contributed by atoms with E-state index in [9.17, 15) is 0 Å². The van der Waals surface area contributed by atoms with E-state index < -0.39 is 0 Å². The van der Waals surface area contributed by atoms with Crippen molar-refractivity contribution in [2.45, 2.75) is 37.6 Å². The van der Waals surface area contributed by atoms with E-state index in [1.54, 1.807) is 11.1 Å². The molecule has 2 unspecified atom stereocenters. The van der Waals surface area contributed by atoms with E-state index in [1.165, 1.54) is 32.2 Å². The Bertz CT molecular complexity index is 369. The first-order valence-electron chi connectivity index (χ1n) is 6.95. The molecule has 1 heterocycles. The predicted octanol–water partition coefficient (Wildman–Crippen LogP) is 2.06. The molecule has 2 heteroatoms. The Morgan fingerprint density at radius 3 is 3.06 bits per heavy atom. The van der Waals surface area contributed by atoms with Crippen LogP contribution in [-0.4, -0.2) is 25.7 Å². The van der Waals surface area contributed by atoms with Crippen LogP contribution in [0.25, 0.3) is 0 Å². The Labute approximate surface area is 104 Å². The Balaban J connectivity index is 1.64. The fourth-order valence-electron chi connectivity index (χ4n) is 3.20. The predicted molar refractivity (Wildman–Crippen MR) is 71.4 cm³/mol. The van der Waals surface area contributed by atoms with Crippen molar-refractivity contribution in [2.75, 3.05) is 19.6 Å². The molecule has 0 radical (unpaired) electrons. The van der Waals surface area contributed by atoms with Crippen LogP contribution in [0.1, 0.15) is 36.3 Å². The lowest BCUT2D eigenvalue weighted by atomic mass is 9.83. The summed E-state index contributed by atoms with van der Waals surface area (Å²) in [7, 11) is 0. The number of rotatable bonds is 3. The zero-order valence-corrected chi connectivity index (χ0v) is 10.4. The number of aryl methyl sites for hydroxylation is 1. The van der Waals surface area contributed by atoms with E-state index in [-0.39, 0.29) is 0 Å². The molecule has 1 fully saturated rings. The average Bonchev–Trinajstić information content (AvgIpc) is 2.89. The van der Waals surface area contributed by atoms with Gasteiger partial charge >= 0.3 is 0 Å². The van der Waals surface area contributed by atoms with Gasteiger partial charge in [0.2, 0.25) is 0 Å². The summed E-state index contributed by atoms with van der Waals surface area (Å²) >= 11 is 0. The summed E-state index contributed by atoms with van der Waals surface area (Å²) in [5, 5.41) is 7.15. The van der Waals surface area contributed by atoms with Crippen molar-refractivity contribution in [3.05, 3.63) is 35.4 Å². The molecule has 0 amide bonds. The van der Waals surface area contributed by atoms with Gasteiger partial charge in [-0.15, -0.1) is 0 Å². The van der Waals surface area contributed by atoms with Gasteiger partial charge in [0.05, 0.1) is 0 Å². The summed E-state index contributed by atoms with van der Waals surface area (Å²) < 4.78 is 0. The van der Waals surface area contributed by atoms with E-state index in [1.807, 2.05) is 0 Å². The van der Waals surface area contributed by atoms with Crippen LogP contribution in [0.5, 0.6) is 0 Å². The maximum Gasteiger partial charge on any atom is 0.0204 e. The van der Waals surface area contributed by atoms with Gasteiger partial charge in [-0.2, -0.15) is 0 Å². The second-order valence-electron chi connectivity index (χ2n) is 5.39. The molecule has 1 aromatic carbocycles. The molecule has 1 saturated heterocycles. The molecule has 1 aromatic rings. The van der Waals surface area contributed by atoms with E-state index in [4.69, 9.17) is 0 Å². The monoisotopic (exact) mass is 230 g/mol. The minimum absolute atomic E-state index is 0.698. The molecule has 0 bridgehead atoms. The quantitative estimate of drug-likeness (QED) is 0.830. The van der Waals surface area contributed by atoms with E-state index in [2.05, 4.69) is 34.9 Å². The topological polar surface area (TPSA) is 24.1 Å². The van der Waals surface area contributed by atoms with E-state index in [0.717, 1.165) is 19.0 Å². The average molecular weight is 230 g/mol. The minimum atomic E-state index is 0.698. The molecule has 2 atom stereocenters. The van der Waals surface area contributed by atoms with Crippen molar-refractivity contribution in [1.82, 2.24) is 10.6 Å². The van der Waals surface area contributed by atoms with Crippen LogP contribution in [0.2, 0.25) is 0 Å². The van der Waals surface area contributed by atoms with Crippen LogP contribution in [0.15, 0.2) is 24.3 Å². The highest BCUT2D eigenvalue weighted by molar-refractivity contribution is 5.32. The third kappa shape index (κ3) is 2.53. The lowest BCUT2D eigenvalue weighted by molar-refractivity contribution is 0.464. The highest BCUT2D eigenvalue weighted by atomic mass is 15.0. The van der Waals surface area contributed by atoms with Crippen molar-refractivity contribution in [3.63, 3.8) is 0 Å². The minimum Gasteiger partial charge on any atom is -0.315 e. The number of hydrogen-bond acceptors (Lipinski definition) is 2. The summed E-state index contributed by atoms with van der Waals surface area (Å²) in [6.45, 7) is 3.48. The van der Waals surface area contributed by atoms with Crippen LogP contribution in [-0.2, 0) is 6.42 Å². The first-order valence-corrected chi connectivity index (χ1v) is 6.95. The number of benzene rings is 1. The first-order chi connectivity index (χ1) is 8.43. The molecule has 2 aliphatic rings. The lowest BCUT2D eigenvalue weighted by Crippen LogP contribution is -2.35. The maximum atomic E-state index is 3.73. The summed E-state index contributed by atoms with van der Waals surface area (Å²) in [6, 6.07) is 9.69. The number of fused-ring (bicyclic) bond motifs is 1. The molecular formula is C15H22N2. The van der Waals surface area contributed by atoms with Crippen LogP contribution < -0.4 is 10.6 Å². The normalized spacial score (nSPS) is 28.0. The number of hydrogen-bond donors (Lipinski definition) is 2. The fourth-order valence-corrected chi connectivity index (χ4v) is 3.20. The van der Waals surface area contributed by atoms with Crippen molar-refractivity contribution < 1.29 is 0 Å². The summed E-state index contributed by atoms with van der Waals surface area (Å²) in [6.07, 6.45) is 5.27. The van der Waals surface area contributed by atoms with E-state index in [0.29, 0.717) is 6.04 Å². The van der Waals surface area contributed by atoms with Crippen LogP contribution >= 0.6 is 0 Å². The van der Waals surface area contributed by atoms with Gasteiger partial charge in [-0.05, 0) is 49.3 Å². The third-order valence-electron chi connectivity index (χ3n) is 4.21. The Morgan fingerprint density at radius 1 is 1.24 bits per heavy atom. The lowest BCUT2D eigenvalue weighted by Gasteiger charge is -2.27. The Kier molecular flexibility index (Phi) is 3.44. The van der Waals surface area contributed by atoms with Gasteiger partial charge in [0.1, 0.15) is 0 Å². The van der Waals surface area contributed by atoms with Crippen molar-refractivity contribution >= 4 is 0 Å². The second-order valence-corrected chi connectivity index (χ2v) is 5.39. The van der Waals surface area contributed by atoms with Gasteiger partial charge in [-0.3, -0.25) is 0 Å². The summed E-state index contributed by atoms with van der Waals surface area (Å²) in [5.74, 6) is 0.737. The molecular weight excluding hydrogens is 208 g/mol. The Morgan fingerprint density at radius 2 is 2.18 bits per heavy atom. The zero-order valence-electron chi connectivity index (χ0n) is 10.4. The second kappa shape index (κ2) is 5.19. The van der Waals surface area contributed by atoms with Crippen molar-refractivity contribution in [3.8, 4) is 0 Å². The van der Waals surface area contributed by atoms with Gasteiger partial charge in [-0.25, -0.2) is 0 Å². The third-order valence-corrected chi connectivity index (χ3v) is 4.21. The molecule has 1 aliphatic heterocycles. The largest absolute Gasteiger partial charge is 0.315 e. The summed E-state index contributed by atoms with van der Waals surface area (Å²) in [4.78, 5) is 0. The van der Waals surface area contributed by atoms with Crippen LogP contribution in [0.3, 0.4) is 0 Å². The van der Waals surface area contributed by atoms with Gasteiger partial charge in [0, 0.05) is 19.1 Å². The molecule has 2 nitrogen and oxygen atoms in total. The standard InChI is InChI=1S/C15H22N2/c1-2-7-15-12(4-1)5-3-6-13(15)10-17-14-8-9-16-11-14/h1-2,4,7,13-14,16-17H,3,5-6,8-11H2. The van der Waals surface area contributed by atoms with Crippen molar-refractivity contribution in [2.24, 2.45) is 0 Å². The molecule has 0 spiro atoms. The highest BCUT2D eigenvalue weighted by Gasteiger charge is 2.21. The smallest absolute Gasteiger partial charge is 0.0204 e. The molecule has 2 N–H and O–H groups in total. The van der Waals surface area contributed by atoms with Gasteiger partial charge in [0.25, 0.3) is 0 Å². The number of nitrogens with one attached hydrogen (secondary N) is 2. The molecule has 3 rings (SSSR count). The van der Waals surface area contributed by atoms with E-state index >= 15 is 0 Å². The molecule has 0 aromatic heterocycles. The Hall–Kier alpha value is -0.860. The zero-order chi connectivity index (χ0) is 11.5. The van der Waals surface area contributed by atoms with Gasteiger partial charge < -0.3 is 10.6 Å². The fraction of sp³-hybridized carbons (Fsp3) is 0.600. The molecule has 1 aliphatic carbocycles.